The van der Waals surface area contributed by atoms with Crippen molar-refractivity contribution in [1.29, 1.82) is 0 Å². The van der Waals surface area contributed by atoms with Gasteiger partial charge in [-0.25, -0.2) is 0 Å². The second kappa shape index (κ2) is 3.07. The van der Waals surface area contributed by atoms with Crippen molar-refractivity contribution in [1.82, 2.24) is 5.32 Å². The van der Waals surface area contributed by atoms with Crippen LogP contribution >= 0.6 is 12.4 Å². The lowest BCUT2D eigenvalue weighted by Gasteiger charge is -2.40. The lowest BCUT2D eigenvalue weighted by Crippen LogP contribution is -2.51. The number of rotatable bonds is 0. The van der Waals surface area contributed by atoms with E-state index in [9.17, 15) is 5.11 Å². The Morgan fingerprint density at radius 1 is 1.30 bits per heavy atom. The van der Waals surface area contributed by atoms with E-state index in [2.05, 4.69) is 5.32 Å². The first-order valence-corrected chi connectivity index (χ1v) is 3.78. The van der Waals surface area contributed by atoms with E-state index in [4.69, 9.17) is 0 Å². The highest BCUT2D eigenvalue weighted by Gasteiger charge is 2.33. The fraction of sp³-hybridized carbons (Fsp3) is 1.00. The highest BCUT2D eigenvalue weighted by atomic mass is 35.5. The number of nitrogens with one attached hydrogen (secondary N) is 1. The topological polar surface area (TPSA) is 32.3 Å². The molecule has 3 atom stereocenters. The summed E-state index contributed by atoms with van der Waals surface area (Å²) < 4.78 is 0. The summed E-state index contributed by atoms with van der Waals surface area (Å²) in [4.78, 5) is 0. The first-order valence-electron chi connectivity index (χ1n) is 3.78. The maximum Gasteiger partial charge on any atom is 0.0595 e. The van der Waals surface area contributed by atoms with Gasteiger partial charge in [-0.1, -0.05) is 0 Å². The second-order valence-corrected chi connectivity index (χ2v) is 3.25. The van der Waals surface area contributed by atoms with Crippen LogP contribution in [0.1, 0.15) is 19.3 Å². The molecule has 0 radical (unpaired) electrons. The number of fused-ring (bicyclic) bond motifs is 3. The zero-order valence-electron chi connectivity index (χ0n) is 5.92. The van der Waals surface area contributed by atoms with Crippen LogP contribution in [-0.2, 0) is 0 Å². The van der Waals surface area contributed by atoms with Crippen molar-refractivity contribution in [2.45, 2.75) is 31.4 Å². The maximum absolute atomic E-state index is 9.36. The van der Waals surface area contributed by atoms with Crippen LogP contribution in [0, 0.1) is 5.92 Å². The Morgan fingerprint density at radius 3 is 2.30 bits per heavy atom. The molecule has 0 spiro atoms. The Hall–Kier alpha value is 0.210. The van der Waals surface area contributed by atoms with Crippen LogP contribution in [-0.4, -0.2) is 23.8 Å². The van der Waals surface area contributed by atoms with Gasteiger partial charge >= 0.3 is 0 Å². The van der Waals surface area contributed by atoms with Gasteiger partial charge in [0.25, 0.3) is 0 Å². The van der Waals surface area contributed by atoms with Crippen molar-refractivity contribution in [2.24, 2.45) is 5.92 Å². The van der Waals surface area contributed by atoms with Gasteiger partial charge in [0, 0.05) is 12.6 Å². The average Bonchev–Trinajstić information content (AvgIpc) is 1.90. The number of halogens is 1. The predicted molar refractivity (Wildman–Crippen MR) is 42.4 cm³/mol. The van der Waals surface area contributed by atoms with Gasteiger partial charge in [0.1, 0.15) is 0 Å². The van der Waals surface area contributed by atoms with E-state index in [1.165, 1.54) is 12.8 Å². The van der Waals surface area contributed by atoms with Crippen LogP contribution in [0.5, 0.6) is 0 Å². The molecule has 0 aromatic carbocycles. The Labute approximate surface area is 67.4 Å². The second-order valence-electron chi connectivity index (χ2n) is 3.25. The van der Waals surface area contributed by atoms with Gasteiger partial charge in [0.15, 0.2) is 0 Å². The molecule has 2 heterocycles. The van der Waals surface area contributed by atoms with Crippen LogP contribution in [0.3, 0.4) is 0 Å². The molecule has 1 aliphatic carbocycles. The van der Waals surface area contributed by atoms with E-state index in [0.717, 1.165) is 13.0 Å². The van der Waals surface area contributed by atoms with Crippen LogP contribution < -0.4 is 5.32 Å². The SMILES string of the molecule is Cl.O[C@@H]1C[C@H]2CC[C@@H]1CN2. The standard InChI is InChI=1S/C7H13NO.ClH/c9-7-3-6-2-1-5(7)4-8-6;/h5-9H,1-4H2;1H/t5-,6-,7-;/m1./s1. The number of hydrogen-bond donors (Lipinski definition) is 2. The zero-order valence-corrected chi connectivity index (χ0v) is 6.73. The smallest absolute Gasteiger partial charge is 0.0595 e. The van der Waals surface area contributed by atoms with Crippen LogP contribution in [0.25, 0.3) is 0 Å². The molecule has 2 bridgehead atoms. The molecule has 0 unspecified atom stereocenters. The highest BCUT2D eigenvalue weighted by Crippen LogP contribution is 2.28. The lowest BCUT2D eigenvalue weighted by molar-refractivity contribution is 0.0228. The van der Waals surface area contributed by atoms with Crippen LogP contribution in [0.4, 0.5) is 0 Å². The Morgan fingerprint density at radius 2 is 2.10 bits per heavy atom. The molecule has 0 amide bonds. The third-order valence-corrected chi connectivity index (χ3v) is 2.62. The molecule has 0 aromatic rings. The van der Waals surface area contributed by atoms with Crippen molar-refractivity contribution in [2.75, 3.05) is 6.54 Å². The van der Waals surface area contributed by atoms with Crippen molar-refractivity contribution in [3.63, 3.8) is 0 Å². The summed E-state index contributed by atoms with van der Waals surface area (Å²) >= 11 is 0. The number of piperidine rings is 2. The molecule has 0 aromatic heterocycles. The molecular formula is C7H14ClNO. The minimum Gasteiger partial charge on any atom is -0.393 e. The molecular weight excluding hydrogens is 150 g/mol. The molecule has 3 rings (SSSR count). The molecule has 60 valence electrons. The number of hydrogen-bond acceptors (Lipinski definition) is 2. The van der Waals surface area contributed by atoms with Crippen molar-refractivity contribution in [3.8, 4) is 0 Å². The van der Waals surface area contributed by atoms with Gasteiger partial charge in [0.2, 0.25) is 0 Å². The van der Waals surface area contributed by atoms with Gasteiger partial charge in [0.05, 0.1) is 6.10 Å². The fourth-order valence-corrected chi connectivity index (χ4v) is 1.95. The molecule has 2 N–H and O–H groups in total. The van der Waals surface area contributed by atoms with E-state index in [0.29, 0.717) is 12.0 Å². The van der Waals surface area contributed by atoms with E-state index in [-0.39, 0.29) is 18.5 Å². The molecule has 3 heteroatoms. The van der Waals surface area contributed by atoms with E-state index >= 15 is 0 Å². The van der Waals surface area contributed by atoms with Crippen molar-refractivity contribution >= 4 is 12.4 Å². The predicted octanol–water partition coefficient (Wildman–Crippen LogP) is 0.541. The van der Waals surface area contributed by atoms with Crippen LogP contribution in [0.2, 0.25) is 0 Å². The van der Waals surface area contributed by atoms with E-state index < -0.39 is 0 Å². The first-order chi connectivity index (χ1) is 4.36. The van der Waals surface area contributed by atoms with Gasteiger partial charge < -0.3 is 10.4 Å². The quantitative estimate of drug-likeness (QED) is 0.547. The third kappa shape index (κ3) is 1.29. The summed E-state index contributed by atoms with van der Waals surface area (Å²) in [6, 6.07) is 0.630. The third-order valence-electron chi connectivity index (χ3n) is 2.62. The van der Waals surface area contributed by atoms with E-state index in [1.54, 1.807) is 0 Å². The molecule has 2 aliphatic heterocycles. The summed E-state index contributed by atoms with van der Waals surface area (Å²) in [5.41, 5.74) is 0. The van der Waals surface area contributed by atoms with Gasteiger partial charge in [-0.05, 0) is 25.2 Å². The van der Waals surface area contributed by atoms with Crippen molar-refractivity contribution in [3.05, 3.63) is 0 Å². The Balaban J connectivity index is 0.000000500. The summed E-state index contributed by atoms with van der Waals surface area (Å²) in [5.74, 6) is 0.565. The highest BCUT2D eigenvalue weighted by molar-refractivity contribution is 5.85. The van der Waals surface area contributed by atoms with E-state index in [1.807, 2.05) is 0 Å². The largest absolute Gasteiger partial charge is 0.393 e. The summed E-state index contributed by atoms with van der Waals surface area (Å²) in [7, 11) is 0. The molecule has 10 heavy (non-hydrogen) atoms. The van der Waals surface area contributed by atoms with Crippen LogP contribution in [0.15, 0.2) is 0 Å². The zero-order chi connectivity index (χ0) is 6.27. The number of aliphatic hydroxyl groups excluding tert-OH is 1. The van der Waals surface area contributed by atoms with Gasteiger partial charge in [-0.2, -0.15) is 0 Å². The normalized spacial score (nSPS) is 44.7. The fourth-order valence-electron chi connectivity index (χ4n) is 1.95. The lowest BCUT2D eigenvalue weighted by atomic mass is 9.79. The minimum absolute atomic E-state index is 0. The molecule has 2 saturated heterocycles. The summed E-state index contributed by atoms with van der Waals surface area (Å²) in [5, 5.41) is 12.7. The first kappa shape index (κ1) is 8.31. The maximum atomic E-state index is 9.36. The Kier molecular flexibility index (Phi) is 2.55. The van der Waals surface area contributed by atoms with Crippen molar-refractivity contribution < 1.29 is 5.11 Å². The molecule has 3 fully saturated rings. The number of aliphatic hydroxyl groups is 1. The summed E-state index contributed by atoms with van der Waals surface area (Å²) in [6.45, 7) is 1.05. The molecule has 2 nitrogen and oxygen atoms in total. The summed E-state index contributed by atoms with van der Waals surface area (Å²) in [6.07, 6.45) is 3.51. The van der Waals surface area contributed by atoms with Gasteiger partial charge in [-0.15, -0.1) is 12.4 Å². The Bertz CT molecular complexity index is 112. The minimum atomic E-state index is 0. The molecule has 3 aliphatic rings. The molecule has 1 saturated carbocycles. The van der Waals surface area contributed by atoms with Gasteiger partial charge in [-0.3, -0.25) is 0 Å². The average molecular weight is 164 g/mol. The monoisotopic (exact) mass is 163 g/mol.